The molecule has 0 saturated carbocycles. The molecule has 1 atom stereocenters. The smallest absolute Gasteiger partial charge is 0.195 e. The van der Waals surface area contributed by atoms with E-state index in [1.165, 1.54) is 0 Å². The summed E-state index contributed by atoms with van der Waals surface area (Å²) in [6.45, 7) is 0. The predicted molar refractivity (Wildman–Crippen MR) is 113 cm³/mol. The van der Waals surface area contributed by atoms with Crippen molar-refractivity contribution in [3.05, 3.63) is 101 Å². The van der Waals surface area contributed by atoms with Gasteiger partial charge in [0.15, 0.2) is 11.6 Å². The van der Waals surface area contributed by atoms with Crippen LogP contribution >= 0.6 is 11.6 Å². The van der Waals surface area contributed by atoms with Crippen molar-refractivity contribution in [2.24, 2.45) is 16.5 Å². The van der Waals surface area contributed by atoms with E-state index in [-0.39, 0.29) is 5.96 Å². The molecule has 1 aliphatic heterocycles. The third-order valence-electron chi connectivity index (χ3n) is 4.38. The summed E-state index contributed by atoms with van der Waals surface area (Å²) in [4.78, 5) is 4.41. The van der Waals surface area contributed by atoms with Gasteiger partial charge in [-0.05, 0) is 53.6 Å². The van der Waals surface area contributed by atoms with E-state index in [9.17, 15) is 0 Å². The molecule has 0 spiro atoms. The van der Waals surface area contributed by atoms with Gasteiger partial charge >= 0.3 is 0 Å². The monoisotopic (exact) mass is 390 g/mol. The minimum Gasteiger partial charge on any atom is -0.457 e. The van der Waals surface area contributed by atoms with E-state index < -0.39 is 5.66 Å². The molecule has 0 amide bonds. The van der Waals surface area contributed by atoms with Crippen molar-refractivity contribution in [3.63, 3.8) is 0 Å². The summed E-state index contributed by atoms with van der Waals surface area (Å²) in [5.41, 5.74) is 14.1. The van der Waals surface area contributed by atoms with Crippen molar-refractivity contribution in [1.29, 1.82) is 0 Å². The fourth-order valence-electron chi connectivity index (χ4n) is 3.00. The summed E-state index contributed by atoms with van der Waals surface area (Å²) in [5, 5.41) is 3.74. The number of rotatable bonds is 4. The molecule has 0 aromatic heterocycles. The van der Waals surface area contributed by atoms with Crippen molar-refractivity contribution in [1.82, 2.24) is 5.32 Å². The van der Waals surface area contributed by atoms with Gasteiger partial charge < -0.3 is 15.8 Å². The summed E-state index contributed by atoms with van der Waals surface area (Å²) in [7, 11) is 0. The van der Waals surface area contributed by atoms with Crippen LogP contribution in [0.25, 0.3) is 5.70 Å². The van der Waals surface area contributed by atoms with Gasteiger partial charge in [0.25, 0.3) is 0 Å². The SMILES string of the molecule is NC1=NC(N)(c2ccc(Oc3ccc(Cl)cc3)cc2)C=C(c2ccccc2)N1. The largest absolute Gasteiger partial charge is 0.457 e. The standard InChI is InChI=1S/C22H19ClN4O/c23-17-8-12-19(13-9-17)28-18-10-6-16(7-11-18)22(25)14-20(26-21(24)27-22)15-4-2-1-3-5-15/h1-14H,25H2,(H3,24,26,27). The van der Waals surface area contributed by atoms with Gasteiger partial charge in [0.2, 0.25) is 0 Å². The quantitative estimate of drug-likeness (QED) is 0.623. The number of nitrogens with zero attached hydrogens (tertiary/aromatic N) is 1. The summed E-state index contributed by atoms with van der Waals surface area (Å²) >= 11 is 5.90. The van der Waals surface area contributed by atoms with Crippen LogP contribution in [0.2, 0.25) is 5.02 Å². The fraction of sp³-hybridized carbons (Fsp3) is 0.0455. The third-order valence-corrected chi connectivity index (χ3v) is 4.64. The molecular weight excluding hydrogens is 372 g/mol. The fourth-order valence-corrected chi connectivity index (χ4v) is 3.13. The highest BCUT2D eigenvalue weighted by Crippen LogP contribution is 2.30. The van der Waals surface area contributed by atoms with E-state index >= 15 is 0 Å². The first-order valence-corrected chi connectivity index (χ1v) is 9.13. The van der Waals surface area contributed by atoms with E-state index in [2.05, 4.69) is 10.3 Å². The lowest BCUT2D eigenvalue weighted by Crippen LogP contribution is -2.44. The third kappa shape index (κ3) is 3.86. The molecule has 28 heavy (non-hydrogen) atoms. The highest BCUT2D eigenvalue weighted by molar-refractivity contribution is 6.30. The second-order valence-corrected chi connectivity index (χ2v) is 6.89. The van der Waals surface area contributed by atoms with Crippen LogP contribution in [-0.2, 0) is 5.66 Å². The molecule has 6 heteroatoms. The molecule has 1 aliphatic rings. The Bertz CT molecular complexity index is 1030. The number of ether oxygens (including phenoxy) is 1. The number of hydrogen-bond donors (Lipinski definition) is 3. The normalized spacial score (nSPS) is 18.6. The minimum atomic E-state index is -1.07. The molecule has 3 aromatic carbocycles. The second kappa shape index (κ2) is 7.38. The zero-order valence-electron chi connectivity index (χ0n) is 15.0. The molecule has 4 rings (SSSR count). The van der Waals surface area contributed by atoms with Crippen LogP contribution in [0, 0.1) is 0 Å². The topological polar surface area (TPSA) is 85.7 Å². The Balaban J connectivity index is 1.60. The zero-order valence-corrected chi connectivity index (χ0v) is 15.7. The Hall–Kier alpha value is -3.28. The van der Waals surface area contributed by atoms with Gasteiger partial charge in [-0.3, -0.25) is 5.73 Å². The molecule has 5 N–H and O–H groups in total. The van der Waals surface area contributed by atoms with Crippen LogP contribution in [-0.4, -0.2) is 5.96 Å². The van der Waals surface area contributed by atoms with Crippen molar-refractivity contribution in [3.8, 4) is 11.5 Å². The lowest BCUT2D eigenvalue weighted by Gasteiger charge is -2.29. The molecule has 0 fully saturated rings. The summed E-state index contributed by atoms with van der Waals surface area (Å²) in [6, 6.07) is 24.5. The maximum absolute atomic E-state index is 6.58. The first-order chi connectivity index (χ1) is 13.5. The maximum atomic E-state index is 6.58. The molecule has 5 nitrogen and oxygen atoms in total. The van der Waals surface area contributed by atoms with Gasteiger partial charge in [-0.2, -0.15) is 0 Å². The molecule has 1 unspecified atom stereocenters. The van der Waals surface area contributed by atoms with Crippen molar-refractivity contribution in [2.45, 2.75) is 5.66 Å². The molecule has 0 saturated heterocycles. The van der Waals surface area contributed by atoms with E-state index in [1.54, 1.807) is 12.1 Å². The number of benzene rings is 3. The Morgan fingerprint density at radius 1 is 0.857 bits per heavy atom. The first kappa shape index (κ1) is 18.1. The summed E-state index contributed by atoms with van der Waals surface area (Å²) in [5.74, 6) is 1.66. The van der Waals surface area contributed by atoms with Gasteiger partial charge in [0.1, 0.15) is 11.5 Å². The van der Waals surface area contributed by atoms with Gasteiger partial charge in [0.05, 0.1) is 0 Å². The van der Waals surface area contributed by atoms with E-state index in [4.69, 9.17) is 27.8 Å². The number of hydrogen-bond acceptors (Lipinski definition) is 5. The first-order valence-electron chi connectivity index (χ1n) is 8.75. The van der Waals surface area contributed by atoms with Crippen molar-refractivity contribution >= 4 is 23.3 Å². The van der Waals surface area contributed by atoms with Crippen molar-refractivity contribution in [2.75, 3.05) is 0 Å². The average molecular weight is 391 g/mol. The van der Waals surface area contributed by atoms with E-state index in [0.717, 1.165) is 16.8 Å². The van der Waals surface area contributed by atoms with Crippen LogP contribution in [0.1, 0.15) is 11.1 Å². The molecule has 0 aliphatic carbocycles. The number of aliphatic imine (C=N–C) groups is 1. The number of nitrogens with two attached hydrogens (primary N) is 2. The second-order valence-electron chi connectivity index (χ2n) is 6.45. The Morgan fingerprint density at radius 3 is 2.11 bits per heavy atom. The molecule has 1 heterocycles. The molecule has 0 radical (unpaired) electrons. The van der Waals surface area contributed by atoms with E-state index in [0.29, 0.717) is 16.5 Å². The molecular formula is C22H19ClN4O. The summed E-state index contributed by atoms with van der Waals surface area (Å²) < 4.78 is 5.83. The van der Waals surface area contributed by atoms with Crippen LogP contribution in [0.4, 0.5) is 0 Å². The Morgan fingerprint density at radius 2 is 1.46 bits per heavy atom. The average Bonchev–Trinajstić information content (AvgIpc) is 2.70. The zero-order chi connectivity index (χ0) is 19.6. The van der Waals surface area contributed by atoms with Crippen LogP contribution in [0.3, 0.4) is 0 Å². The Kier molecular flexibility index (Phi) is 4.77. The molecule has 0 bridgehead atoms. The van der Waals surface area contributed by atoms with Gasteiger partial charge in [-0.1, -0.05) is 54.1 Å². The van der Waals surface area contributed by atoms with Gasteiger partial charge in [-0.15, -0.1) is 0 Å². The number of halogens is 1. The molecule has 3 aromatic rings. The highest BCUT2D eigenvalue weighted by atomic mass is 35.5. The highest BCUT2D eigenvalue weighted by Gasteiger charge is 2.29. The lowest BCUT2D eigenvalue weighted by molar-refractivity contribution is 0.481. The predicted octanol–water partition coefficient (Wildman–Crippen LogP) is 4.20. The summed E-state index contributed by atoms with van der Waals surface area (Å²) in [6.07, 6.45) is 1.87. The van der Waals surface area contributed by atoms with E-state index in [1.807, 2.05) is 72.8 Å². The maximum Gasteiger partial charge on any atom is 0.195 e. The van der Waals surface area contributed by atoms with Crippen LogP contribution < -0.4 is 21.5 Å². The number of guanidine groups is 1. The Labute approximate surface area is 168 Å². The minimum absolute atomic E-state index is 0.269. The van der Waals surface area contributed by atoms with Crippen LogP contribution in [0.5, 0.6) is 11.5 Å². The van der Waals surface area contributed by atoms with Crippen LogP contribution in [0.15, 0.2) is 89.9 Å². The lowest BCUT2D eigenvalue weighted by atomic mass is 9.96. The number of nitrogens with one attached hydrogen (secondary N) is 1. The van der Waals surface area contributed by atoms with Gasteiger partial charge in [0, 0.05) is 10.7 Å². The van der Waals surface area contributed by atoms with Crippen molar-refractivity contribution < 1.29 is 4.74 Å². The van der Waals surface area contributed by atoms with Gasteiger partial charge in [-0.25, -0.2) is 4.99 Å². The molecule has 140 valence electrons.